The van der Waals surface area contributed by atoms with Crippen molar-refractivity contribution in [3.8, 4) is 5.75 Å². The van der Waals surface area contributed by atoms with Crippen molar-refractivity contribution in [3.05, 3.63) is 17.7 Å². The van der Waals surface area contributed by atoms with E-state index in [0.29, 0.717) is 12.5 Å². The average Bonchev–Trinajstić information content (AvgIpc) is 2.70. The third-order valence-electron chi connectivity index (χ3n) is 2.66. The zero-order valence-corrected chi connectivity index (χ0v) is 11.5. The number of fused-ring (bicyclic) bond motifs is 1. The summed E-state index contributed by atoms with van der Waals surface area (Å²) in [6, 6.07) is 4.25. The molecule has 0 aliphatic heterocycles. The number of thiazole rings is 1. The van der Waals surface area contributed by atoms with Crippen LogP contribution in [-0.4, -0.2) is 18.6 Å². The topological polar surface area (TPSA) is 34.1 Å². The second-order valence-electron chi connectivity index (χ2n) is 4.21. The number of nitrogens with zero attached hydrogens (tertiary/aromatic N) is 1. The highest BCUT2D eigenvalue weighted by Crippen LogP contribution is 2.35. The maximum absolute atomic E-state index is 5.71. The molecule has 1 heterocycles. The van der Waals surface area contributed by atoms with Crippen molar-refractivity contribution in [2.75, 3.05) is 19.0 Å². The van der Waals surface area contributed by atoms with Crippen LogP contribution < -0.4 is 10.1 Å². The highest BCUT2D eigenvalue weighted by atomic mass is 32.1. The first-order valence-corrected chi connectivity index (χ1v) is 6.72. The van der Waals surface area contributed by atoms with Crippen molar-refractivity contribution in [2.45, 2.75) is 26.7 Å². The molecule has 1 N–H and O–H groups in total. The van der Waals surface area contributed by atoms with Crippen LogP contribution in [0.3, 0.4) is 0 Å². The predicted molar refractivity (Wildman–Crippen MR) is 74.4 cm³/mol. The van der Waals surface area contributed by atoms with Crippen LogP contribution in [-0.2, 0) is 0 Å². The molecule has 3 nitrogen and oxygen atoms in total. The van der Waals surface area contributed by atoms with Gasteiger partial charge < -0.3 is 10.1 Å². The molecule has 2 rings (SSSR count). The van der Waals surface area contributed by atoms with Crippen LogP contribution in [0, 0.1) is 0 Å². The van der Waals surface area contributed by atoms with Gasteiger partial charge >= 0.3 is 0 Å². The van der Waals surface area contributed by atoms with E-state index < -0.39 is 0 Å². The van der Waals surface area contributed by atoms with E-state index in [1.165, 1.54) is 10.3 Å². The van der Waals surface area contributed by atoms with Gasteiger partial charge in [0.1, 0.15) is 5.75 Å². The van der Waals surface area contributed by atoms with Gasteiger partial charge in [-0.05, 0) is 30.5 Å². The maximum Gasteiger partial charge on any atom is 0.183 e. The molecular formula is C13H18N2OS. The Kier molecular flexibility index (Phi) is 3.52. The maximum atomic E-state index is 5.71. The van der Waals surface area contributed by atoms with E-state index in [0.717, 1.165) is 16.4 Å². The van der Waals surface area contributed by atoms with Crippen LogP contribution in [0.15, 0.2) is 12.1 Å². The predicted octanol–water partition coefficient (Wildman–Crippen LogP) is 3.86. The lowest BCUT2D eigenvalue weighted by molar-refractivity contribution is 0.336. The smallest absolute Gasteiger partial charge is 0.183 e. The largest absolute Gasteiger partial charge is 0.494 e. The van der Waals surface area contributed by atoms with Gasteiger partial charge in [0.15, 0.2) is 5.13 Å². The van der Waals surface area contributed by atoms with Crippen molar-refractivity contribution in [3.63, 3.8) is 0 Å². The quantitative estimate of drug-likeness (QED) is 0.894. The molecule has 0 unspecified atom stereocenters. The Bertz CT molecular complexity index is 519. The van der Waals surface area contributed by atoms with Gasteiger partial charge in [-0.3, -0.25) is 0 Å². The lowest BCUT2D eigenvalue weighted by Gasteiger charge is -2.12. The Labute approximate surface area is 106 Å². The molecule has 0 spiro atoms. The van der Waals surface area contributed by atoms with Gasteiger partial charge in [0.25, 0.3) is 0 Å². The third kappa shape index (κ3) is 2.36. The number of hydrogen-bond donors (Lipinski definition) is 1. The van der Waals surface area contributed by atoms with E-state index in [4.69, 9.17) is 4.74 Å². The molecule has 0 aliphatic rings. The van der Waals surface area contributed by atoms with Gasteiger partial charge in [-0.25, -0.2) is 4.98 Å². The minimum Gasteiger partial charge on any atom is -0.494 e. The Balaban J connectivity index is 2.57. The fourth-order valence-corrected chi connectivity index (χ4v) is 2.64. The molecular weight excluding hydrogens is 232 g/mol. The Morgan fingerprint density at radius 2 is 2.18 bits per heavy atom. The second kappa shape index (κ2) is 4.92. The molecule has 0 atom stereocenters. The van der Waals surface area contributed by atoms with Gasteiger partial charge in [-0.2, -0.15) is 0 Å². The highest BCUT2D eigenvalue weighted by molar-refractivity contribution is 7.22. The van der Waals surface area contributed by atoms with Crippen molar-refractivity contribution >= 4 is 26.7 Å². The number of nitrogens with one attached hydrogen (secondary N) is 1. The average molecular weight is 250 g/mol. The summed E-state index contributed by atoms with van der Waals surface area (Å²) in [6.07, 6.45) is 0. The third-order valence-corrected chi connectivity index (χ3v) is 3.69. The lowest BCUT2D eigenvalue weighted by atomic mass is 10.0. The molecule has 0 amide bonds. The van der Waals surface area contributed by atoms with Gasteiger partial charge in [0, 0.05) is 7.05 Å². The molecule has 1 aromatic carbocycles. The zero-order valence-electron chi connectivity index (χ0n) is 10.7. The normalized spacial score (nSPS) is 11.1. The van der Waals surface area contributed by atoms with E-state index in [9.17, 15) is 0 Å². The number of benzene rings is 1. The molecule has 0 bridgehead atoms. The van der Waals surface area contributed by atoms with Gasteiger partial charge in [-0.15, -0.1) is 0 Å². The van der Waals surface area contributed by atoms with Crippen molar-refractivity contribution in [2.24, 2.45) is 0 Å². The molecule has 0 radical (unpaired) electrons. The van der Waals surface area contributed by atoms with Gasteiger partial charge in [0.2, 0.25) is 0 Å². The molecule has 1 aromatic heterocycles. The fraction of sp³-hybridized carbons (Fsp3) is 0.462. The summed E-state index contributed by atoms with van der Waals surface area (Å²) in [5, 5.41) is 4.03. The summed E-state index contributed by atoms with van der Waals surface area (Å²) in [6.45, 7) is 7.06. The molecule has 17 heavy (non-hydrogen) atoms. The number of aromatic nitrogens is 1. The van der Waals surface area contributed by atoms with Gasteiger partial charge in [0.05, 0.1) is 16.8 Å². The molecule has 0 aliphatic carbocycles. The van der Waals surface area contributed by atoms with E-state index >= 15 is 0 Å². The molecule has 0 fully saturated rings. The Hall–Kier alpha value is -1.29. The van der Waals surface area contributed by atoms with Crippen molar-refractivity contribution < 1.29 is 4.74 Å². The van der Waals surface area contributed by atoms with E-state index in [1.54, 1.807) is 11.3 Å². The first-order valence-electron chi connectivity index (χ1n) is 5.90. The van der Waals surface area contributed by atoms with E-state index in [1.807, 2.05) is 14.0 Å². The summed E-state index contributed by atoms with van der Waals surface area (Å²) >= 11 is 1.66. The summed E-state index contributed by atoms with van der Waals surface area (Å²) in [4.78, 5) is 4.53. The van der Waals surface area contributed by atoms with Crippen LogP contribution in [0.2, 0.25) is 0 Å². The molecule has 92 valence electrons. The summed E-state index contributed by atoms with van der Waals surface area (Å²) < 4.78 is 6.88. The van der Waals surface area contributed by atoms with Crippen molar-refractivity contribution in [1.29, 1.82) is 0 Å². The van der Waals surface area contributed by atoms with Crippen LogP contribution in [0.4, 0.5) is 5.13 Å². The lowest BCUT2D eigenvalue weighted by Crippen LogP contribution is -1.98. The van der Waals surface area contributed by atoms with E-state index in [2.05, 4.69) is 36.3 Å². The summed E-state index contributed by atoms with van der Waals surface area (Å²) in [5.74, 6) is 1.43. The monoisotopic (exact) mass is 250 g/mol. The van der Waals surface area contributed by atoms with Crippen molar-refractivity contribution in [1.82, 2.24) is 4.98 Å². The zero-order chi connectivity index (χ0) is 12.4. The molecule has 2 aromatic rings. The minimum atomic E-state index is 0.445. The summed E-state index contributed by atoms with van der Waals surface area (Å²) in [5.41, 5.74) is 2.28. The number of anilines is 1. The van der Waals surface area contributed by atoms with Crippen LogP contribution in [0.5, 0.6) is 5.75 Å². The highest BCUT2D eigenvalue weighted by Gasteiger charge is 2.12. The standard InChI is InChI=1S/C13H18N2OS/c1-5-16-11-7-12-10(6-9(11)8(2)3)15-13(14-4)17-12/h6-8H,5H2,1-4H3,(H,14,15). The first-order chi connectivity index (χ1) is 8.15. The second-order valence-corrected chi connectivity index (χ2v) is 5.25. The van der Waals surface area contributed by atoms with Crippen LogP contribution in [0.25, 0.3) is 10.2 Å². The molecule has 0 saturated carbocycles. The van der Waals surface area contributed by atoms with Gasteiger partial charge in [-0.1, -0.05) is 25.2 Å². The first kappa shape index (κ1) is 12.2. The van der Waals surface area contributed by atoms with Crippen LogP contribution in [0.1, 0.15) is 32.3 Å². The minimum absolute atomic E-state index is 0.445. The summed E-state index contributed by atoms with van der Waals surface area (Å²) in [7, 11) is 1.89. The van der Waals surface area contributed by atoms with Crippen LogP contribution >= 0.6 is 11.3 Å². The van der Waals surface area contributed by atoms with E-state index in [-0.39, 0.29) is 0 Å². The fourth-order valence-electron chi connectivity index (χ4n) is 1.81. The number of ether oxygens (including phenoxy) is 1. The number of hydrogen-bond acceptors (Lipinski definition) is 4. The Morgan fingerprint density at radius 3 is 2.76 bits per heavy atom. The molecule has 4 heteroatoms. The molecule has 0 saturated heterocycles. The SMILES string of the molecule is CCOc1cc2sc(NC)nc2cc1C(C)C. The Morgan fingerprint density at radius 1 is 1.41 bits per heavy atom. The number of rotatable bonds is 4.